The average Bonchev–Trinajstić information content (AvgIpc) is 2.87. The van der Waals surface area contributed by atoms with Gasteiger partial charge in [-0.1, -0.05) is 43.3 Å². The Kier molecular flexibility index (Phi) is 10.0. The topological polar surface area (TPSA) is 89.9 Å². The van der Waals surface area contributed by atoms with Crippen molar-refractivity contribution in [3.05, 3.63) is 89.5 Å². The van der Waals surface area contributed by atoms with E-state index in [0.717, 1.165) is 32.7 Å². The molecule has 192 valence electrons. The van der Waals surface area contributed by atoms with Gasteiger partial charge in [0.05, 0.1) is 24.7 Å². The number of ether oxygens (including phenoxy) is 2. The molecule has 36 heavy (non-hydrogen) atoms. The minimum Gasteiger partial charge on any atom is -0.491 e. The zero-order valence-corrected chi connectivity index (χ0v) is 22.4. The number of hydrogen-bond donors (Lipinski definition) is 1. The first kappa shape index (κ1) is 27.8. The molecule has 0 fully saturated rings. The molecule has 3 rings (SSSR count). The van der Waals surface area contributed by atoms with Crippen LogP contribution in [0.3, 0.4) is 0 Å². The van der Waals surface area contributed by atoms with Gasteiger partial charge in [0.25, 0.3) is 0 Å². The van der Waals surface area contributed by atoms with Crippen LogP contribution in [0.4, 0.5) is 0 Å². The van der Waals surface area contributed by atoms with Gasteiger partial charge in [-0.3, -0.25) is 4.21 Å². The Bertz CT molecular complexity index is 1310. The van der Waals surface area contributed by atoms with Crippen LogP contribution in [0.25, 0.3) is 11.1 Å². The Morgan fingerprint density at radius 1 is 0.889 bits per heavy atom. The Morgan fingerprint density at radius 2 is 1.53 bits per heavy atom. The van der Waals surface area contributed by atoms with Crippen molar-refractivity contribution in [1.82, 2.24) is 0 Å². The third-order valence-corrected chi connectivity index (χ3v) is 7.68. The van der Waals surface area contributed by atoms with E-state index in [2.05, 4.69) is 6.92 Å². The third-order valence-electron chi connectivity index (χ3n) is 5.62. The maximum Gasteiger partial charge on any atom is 0.175 e. The Morgan fingerprint density at radius 3 is 2.08 bits per heavy atom. The van der Waals surface area contributed by atoms with Crippen molar-refractivity contribution >= 4 is 31.8 Å². The number of sulfone groups is 1. The van der Waals surface area contributed by atoms with E-state index in [1.807, 2.05) is 60.7 Å². The zero-order chi connectivity index (χ0) is 26.1. The van der Waals surface area contributed by atoms with Crippen LogP contribution in [0, 0.1) is 0 Å². The molecule has 0 saturated carbocycles. The van der Waals surface area contributed by atoms with Crippen LogP contribution < -0.4 is 4.74 Å². The van der Waals surface area contributed by atoms with Gasteiger partial charge in [-0.05, 0) is 70.7 Å². The second-order valence-corrected chi connectivity index (χ2v) is 11.6. The smallest absolute Gasteiger partial charge is 0.175 e. The number of aliphatic hydroxyl groups is 1. The first-order valence-electron chi connectivity index (χ1n) is 11.6. The highest BCUT2D eigenvalue weighted by Gasteiger charge is 2.16. The Hall–Kier alpha value is -2.78. The molecule has 0 saturated heterocycles. The average molecular weight is 529 g/mol. The first-order valence-corrected chi connectivity index (χ1v) is 15.1. The van der Waals surface area contributed by atoms with Crippen molar-refractivity contribution in [2.45, 2.75) is 23.1 Å². The summed E-state index contributed by atoms with van der Waals surface area (Å²) in [7, 11) is -4.40. The molecule has 0 aliphatic carbocycles. The number of hydrogen-bond acceptors (Lipinski definition) is 6. The van der Waals surface area contributed by atoms with E-state index < -0.39 is 20.6 Å². The summed E-state index contributed by atoms with van der Waals surface area (Å²) in [6, 6.07) is 22.3. The summed E-state index contributed by atoms with van der Waals surface area (Å²) in [5, 5.41) is 8.83. The molecule has 1 N–H and O–H groups in total. The van der Waals surface area contributed by atoms with Crippen LogP contribution in [-0.2, 0) is 25.4 Å². The van der Waals surface area contributed by atoms with Crippen LogP contribution in [0.1, 0.15) is 30.0 Å². The summed E-state index contributed by atoms with van der Waals surface area (Å²) in [6.07, 6.45) is 3.56. The number of aliphatic hydroxyl groups excluding tert-OH is 1. The van der Waals surface area contributed by atoms with Crippen molar-refractivity contribution in [2.75, 3.05) is 38.9 Å². The number of allylic oxidation sites excluding steroid dienone is 1. The van der Waals surface area contributed by atoms with E-state index in [-0.39, 0.29) is 18.1 Å². The molecule has 8 heteroatoms. The van der Waals surface area contributed by atoms with Gasteiger partial charge < -0.3 is 14.6 Å². The lowest BCUT2D eigenvalue weighted by Gasteiger charge is -2.18. The minimum atomic E-state index is -3.31. The maximum absolute atomic E-state index is 12.0. The van der Waals surface area contributed by atoms with E-state index in [1.54, 1.807) is 18.4 Å². The molecule has 3 aromatic carbocycles. The third kappa shape index (κ3) is 7.36. The highest BCUT2D eigenvalue weighted by molar-refractivity contribution is 7.90. The second-order valence-electron chi connectivity index (χ2n) is 8.19. The minimum absolute atomic E-state index is 0.0246. The van der Waals surface area contributed by atoms with Gasteiger partial charge in [-0.2, -0.15) is 0 Å². The van der Waals surface area contributed by atoms with E-state index >= 15 is 0 Å². The van der Waals surface area contributed by atoms with Crippen molar-refractivity contribution in [2.24, 2.45) is 0 Å². The lowest BCUT2D eigenvalue weighted by Crippen LogP contribution is -2.09. The molecule has 3 aromatic rings. The molecule has 0 spiro atoms. The summed E-state index contributed by atoms with van der Waals surface area (Å²) in [5.41, 5.74) is 4.84. The molecule has 0 aliphatic heterocycles. The largest absolute Gasteiger partial charge is 0.491 e. The molecule has 0 heterocycles. The van der Waals surface area contributed by atoms with Crippen LogP contribution in [-0.4, -0.2) is 56.7 Å². The summed E-state index contributed by atoms with van der Waals surface area (Å²) in [5.74, 6) is 0.703. The van der Waals surface area contributed by atoms with Gasteiger partial charge in [0, 0.05) is 28.2 Å². The van der Waals surface area contributed by atoms with Gasteiger partial charge in [-0.25, -0.2) is 8.42 Å². The quantitative estimate of drug-likeness (QED) is 0.273. The predicted molar refractivity (Wildman–Crippen MR) is 144 cm³/mol. The molecule has 0 bridgehead atoms. The molecule has 0 aromatic heterocycles. The van der Waals surface area contributed by atoms with E-state index in [9.17, 15) is 12.6 Å². The monoisotopic (exact) mass is 528 g/mol. The zero-order valence-electron chi connectivity index (χ0n) is 20.8. The molecule has 1 unspecified atom stereocenters. The Balaban J connectivity index is 2.08. The molecular weight excluding hydrogens is 496 g/mol. The summed E-state index contributed by atoms with van der Waals surface area (Å²) >= 11 is 0. The number of benzene rings is 3. The second kappa shape index (κ2) is 13.0. The molecule has 1 atom stereocenters. The fraction of sp³-hybridized carbons (Fsp3) is 0.286. The highest BCUT2D eigenvalue weighted by atomic mass is 32.2. The van der Waals surface area contributed by atoms with Crippen molar-refractivity contribution in [3.63, 3.8) is 0 Å². The summed E-state index contributed by atoms with van der Waals surface area (Å²) in [4.78, 5) is 1.00. The van der Waals surface area contributed by atoms with Crippen LogP contribution in [0.2, 0.25) is 0 Å². The van der Waals surface area contributed by atoms with Crippen LogP contribution >= 0.6 is 0 Å². The summed E-state index contributed by atoms with van der Waals surface area (Å²) in [6.45, 7) is 3.07. The Labute approximate surface area is 216 Å². The van der Waals surface area contributed by atoms with Gasteiger partial charge in [0.1, 0.15) is 12.4 Å². The molecular formula is C28H32O6S2. The fourth-order valence-electron chi connectivity index (χ4n) is 3.88. The van der Waals surface area contributed by atoms with Crippen LogP contribution in [0.15, 0.2) is 82.6 Å². The van der Waals surface area contributed by atoms with E-state index in [0.29, 0.717) is 25.4 Å². The lowest BCUT2D eigenvalue weighted by molar-refractivity contribution is 0.0705. The lowest BCUT2D eigenvalue weighted by atomic mass is 9.88. The maximum atomic E-state index is 12.0. The highest BCUT2D eigenvalue weighted by Crippen LogP contribution is 2.36. The molecule has 0 amide bonds. The first-order chi connectivity index (χ1) is 17.2. The molecule has 0 radical (unpaired) electrons. The van der Waals surface area contributed by atoms with Crippen molar-refractivity contribution < 1.29 is 27.2 Å². The van der Waals surface area contributed by atoms with E-state index in [4.69, 9.17) is 14.6 Å². The molecule has 6 nitrogen and oxygen atoms in total. The van der Waals surface area contributed by atoms with E-state index in [1.165, 1.54) is 6.26 Å². The SMILES string of the molecule is CC/C(=C(/c1ccc(S(C)=O)cc1)c1ccc(S(C)(=O)=O)cc1)c1cccc(OCCOCCO)c1. The van der Waals surface area contributed by atoms with Crippen molar-refractivity contribution in [3.8, 4) is 5.75 Å². The predicted octanol–water partition coefficient (Wildman–Crippen LogP) is 4.58. The van der Waals surface area contributed by atoms with Gasteiger partial charge in [0.2, 0.25) is 0 Å². The molecule has 0 aliphatic rings. The number of rotatable bonds is 12. The summed E-state index contributed by atoms with van der Waals surface area (Å²) < 4.78 is 47.0. The van der Waals surface area contributed by atoms with Crippen molar-refractivity contribution in [1.29, 1.82) is 0 Å². The van der Waals surface area contributed by atoms with Gasteiger partial charge in [-0.15, -0.1) is 0 Å². The van der Waals surface area contributed by atoms with Crippen LogP contribution in [0.5, 0.6) is 5.75 Å². The fourth-order valence-corrected chi connectivity index (χ4v) is 5.03. The van der Waals surface area contributed by atoms with Gasteiger partial charge in [0.15, 0.2) is 9.84 Å². The standard InChI is InChI=1S/C28H32O6S2/c1-4-27(23-6-5-7-24(20-23)34-19-18-33-17-16-29)28(21-8-12-25(13-9-21)35(2)30)22-10-14-26(15-11-22)36(3,31)32/h5-15,20,29H,4,16-19H2,1-3H3/b28-27+. The normalized spacial score (nSPS) is 13.2. The van der Waals surface area contributed by atoms with Gasteiger partial charge >= 0.3 is 0 Å².